The molecule has 1 unspecified atom stereocenters. The van der Waals surface area contributed by atoms with E-state index in [1.54, 1.807) is 16.8 Å². The van der Waals surface area contributed by atoms with E-state index in [1.807, 2.05) is 10.8 Å². The van der Waals surface area contributed by atoms with Crippen LogP contribution in [0.2, 0.25) is 0 Å². The molecule has 2 heterocycles. The summed E-state index contributed by atoms with van der Waals surface area (Å²) in [6.45, 7) is 3.97. The fourth-order valence-corrected chi connectivity index (χ4v) is 3.37. The number of sulfonamides is 1. The van der Waals surface area contributed by atoms with E-state index in [0.717, 1.165) is 32.5 Å². The van der Waals surface area contributed by atoms with Crippen molar-refractivity contribution >= 4 is 10.0 Å². The predicted molar refractivity (Wildman–Crippen MR) is 74.2 cm³/mol. The van der Waals surface area contributed by atoms with Crippen LogP contribution in [0.3, 0.4) is 0 Å². The van der Waals surface area contributed by atoms with E-state index in [1.165, 1.54) is 6.26 Å². The molecule has 1 fully saturated rings. The Morgan fingerprint density at radius 1 is 1.47 bits per heavy atom. The number of aromatic nitrogens is 2. The van der Waals surface area contributed by atoms with E-state index >= 15 is 0 Å². The Hall–Kier alpha value is -0.920. The first kappa shape index (κ1) is 14.5. The quantitative estimate of drug-likeness (QED) is 0.756. The second-order valence-corrected chi connectivity index (χ2v) is 7.12. The number of rotatable bonds is 6. The number of nitrogens with zero attached hydrogens (tertiary/aromatic N) is 3. The molecule has 0 radical (unpaired) electrons. The first-order chi connectivity index (χ1) is 9.05. The molecule has 108 valence electrons. The monoisotopic (exact) mass is 286 g/mol. The van der Waals surface area contributed by atoms with Crippen LogP contribution in [0, 0.1) is 5.92 Å². The molecule has 1 aliphatic rings. The van der Waals surface area contributed by atoms with Gasteiger partial charge < -0.3 is 9.88 Å². The lowest BCUT2D eigenvalue weighted by Crippen LogP contribution is -2.42. The van der Waals surface area contributed by atoms with E-state index in [-0.39, 0.29) is 0 Å². The molecule has 0 amide bonds. The van der Waals surface area contributed by atoms with Gasteiger partial charge in [0, 0.05) is 38.6 Å². The summed E-state index contributed by atoms with van der Waals surface area (Å²) in [5, 5.41) is 3.40. The molecule has 1 aliphatic heterocycles. The summed E-state index contributed by atoms with van der Waals surface area (Å²) in [7, 11) is -3.03. The lowest BCUT2D eigenvalue weighted by Gasteiger charge is -2.31. The minimum Gasteiger partial charge on any atom is -0.336 e. The van der Waals surface area contributed by atoms with Gasteiger partial charge in [0.1, 0.15) is 0 Å². The van der Waals surface area contributed by atoms with Crippen molar-refractivity contribution in [1.82, 2.24) is 19.2 Å². The van der Waals surface area contributed by atoms with Crippen molar-refractivity contribution < 1.29 is 8.42 Å². The van der Waals surface area contributed by atoms with Crippen molar-refractivity contribution in [3.05, 3.63) is 18.7 Å². The number of nitrogens with one attached hydrogen (secondary N) is 1. The van der Waals surface area contributed by atoms with Gasteiger partial charge in [0.25, 0.3) is 0 Å². The largest absolute Gasteiger partial charge is 0.336 e. The molecule has 0 bridgehead atoms. The first-order valence-electron chi connectivity index (χ1n) is 6.67. The van der Waals surface area contributed by atoms with Crippen molar-refractivity contribution in [1.29, 1.82) is 0 Å². The van der Waals surface area contributed by atoms with Crippen molar-refractivity contribution in [2.24, 2.45) is 5.92 Å². The van der Waals surface area contributed by atoms with E-state index in [9.17, 15) is 8.42 Å². The van der Waals surface area contributed by atoms with Crippen LogP contribution in [-0.4, -0.2) is 54.7 Å². The van der Waals surface area contributed by atoms with Crippen molar-refractivity contribution in [2.45, 2.75) is 19.4 Å². The van der Waals surface area contributed by atoms with Gasteiger partial charge in [-0.1, -0.05) is 0 Å². The maximum Gasteiger partial charge on any atom is 0.211 e. The summed E-state index contributed by atoms with van der Waals surface area (Å²) in [5.74, 6) is 0.422. The highest BCUT2D eigenvalue weighted by Crippen LogP contribution is 2.17. The van der Waals surface area contributed by atoms with Gasteiger partial charge in [0.2, 0.25) is 10.0 Å². The Kier molecular flexibility index (Phi) is 4.95. The molecule has 1 atom stereocenters. The van der Waals surface area contributed by atoms with Gasteiger partial charge in [-0.25, -0.2) is 17.7 Å². The molecule has 1 saturated heterocycles. The molecule has 1 aromatic heterocycles. The molecule has 19 heavy (non-hydrogen) atoms. The Morgan fingerprint density at radius 3 is 3.00 bits per heavy atom. The summed E-state index contributed by atoms with van der Waals surface area (Å²) in [4.78, 5) is 3.99. The van der Waals surface area contributed by atoms with Gasteiger partial charge in [-0.3, -0.25) is 0 Å². The van der Waals surface area contributed by atoms with Crippen LogP contribution in [-0.2, 0) is 16.6 Å². The predicted octanol–water partition coefficient (Wildman–Crippen LogP) is 0.144. The van der Waals surface area contributed by atoms with Crippen molar-refractivity contribution in [3.8, 4) is 0 Å². The normalized spacial score (nSPS) is 21.6. The van der Waals surface area contributed by atoms with Gasteiger partial charge in [-0.05, 0) is 25.3 Å². The molecule has 0 saturated carbocycles. The van der Waals surface area contributed by atoms with E-state index < -0.39 is 10.0 Å². The Balaban J connectivity index is 1.68. The highest BCUT2D eigenvalue weighted by Gasteiger charge is 2.25. The second-order valence-electron chi connectivity index (χ2n) is 5.13. The summed E-state index contributed by atoms with van der Waals surface area (Å²) in [6, 6.07) is 0. The average molecular weight is 286 g/mol. The Morgan fingerprint density at radius 2 is 2.32 bits per heavy atom. The second kappa shape index (κ2) is 6.49. The molecular formula is C12H22N4O2S. The molecule has 0 aromatic carbocycles. The summed E-state index contributed by atoms with van der Waals surface area (Å²) < 4.78 is 26.6. The molecule has 2 rings (SSSR count). The molecule has 0 spiro atoms. The zero-order valence-electron chi connectivity index (χ0n) is 11.3. The van der Waals surface area contributed by atoms with Crippen LogP contribution < -0.4 is 5.32 Å². The Labute approximate surface area is 114 Å². The summed E-state index contributed by atoms with van der Waals surface area (Å²) in [6.07, 6.45) is 8.86. The maximum absolute atomic E-state index is 11.5. The van der Waals surface area contributed by atoms with Gasteiger partial charge in [-0.15, -0.1) is 0 Å². The fourth-order valence-electron chi connectivity index (χ4n) is 2.43. The van der Waals surface area contributed by atoms with Crippen LogP contribution in [0.5, 0.6) is 0 Å². The number of hydrogen-bond donors (Lipinski definition) is 1. The van der Waals surface area contributed by atoms with Crippen molar-refractivity contribution in [2.75, 3.05) is 32.4 Å². The third kappa shape index (κ3) is 4.59. The smallest absolute Gasteiger partial charge is 0.211 e. The summed E-state index contributed by atoms with van der Waals surface area (Å²) >= 11 is 0. The molecule has 7 heteroatoms. The van der Waals surface area contributed by atoms with Gasteiger partial charge in [0.15, 0.2) is 0 Å². The molecule has 0 aliphatic carbocycles. The standard InChI is InChI=1S/C12H22N4O2S/c1-19(17,18)16-6-2-3-12(10-16)9-13-4-7-15-8-5-14-11-15/h5,8,11-13H,2-4,6-7,9-10H2,1H3. The molecular weight excluding hydrogens is 264 g/mol. The topological polar surface area (TPSA) is 67.2 Å². The third-order valence-corrected chi connectivity index (χ3v) is 4.76. The van der Waals surface area contributed by atoms with Crippen LogP contribution in [0.15, 0.2) is 18.7 Å². The van der Waals surface area contributed by atoms with E-state index in [2.05, 4.69) is 10.3 Å². The van der Waals surface area contributed by atoms with Crippen LogP contribution in [0.25, 0.3) is 0 Å². The SMILES string of the molecule is CS(=O)(=O)N1CCCC(CNCCn2ccnc2)C1. The molecule has 1 N–H and O–H groups in total. The van der Waals surface area contributed by atoms with Crippen LogP contribution in [0.4, 0.5) is 0 Å². The average Bonchev–Trinajstić information content (AvgIpc) is 2.87. The maximum atomic E-state index is 11.5. The van der Waals surface area contributed by atoms with E-state index in [0.29, 0.717) is 19.0 Å². The van der Waals surface area contributed by atoms with Crippen LogP contribution in [0.1, 0.15) is 12.8 Å². The number of imidazole rings is 1. The zero-order valence-corrected chi connectivity index (χ0v) is 12.1. The Bertz CT molecular complexity index is 472. The lowest BCUT2D eigenvalue weighted by molar-refractivity contribution is 0.261. The molecule has 1 aromatic rings. The summed E-state index contributed by atoms with van der Waals surface area (Å²) in [5.41, 5.74) is 0. The van der Waals surface area contributed by atoms with Crippen LogP contribution >= 0.6 is 0 Å². The minimum absolute atomic E-state index is 0.422. The van der Waals surface area contributed by atoms with Gasteiger partial charge in [-0.2, -0.15) is 0 Å². The third-order valence-electron chi connectivity index (χ3n) is 3.49. The first-order valence-corrected chi connectivity index (χ1v) is 8.52. The molecule has 6 nitrogen and oxygen atoms in total. The number of piperidine rings is 1. The van der Waals surface area contributed by atoms with Gasteiger partial charge in [0.05, 0.1) is 12.6 Å². The highest BCUT2D eigenvalue weighted by atomic mass is 32.2. The highest BCUT2D eigenvalue weighted by molar-refractivity contribution is 7.88. The van der Waals surface area contributed by atoms with Gasteiger partial charge >= 0.3 is 0 Å². The minimum atomic E-state index is -3.03. The fraction of sp³-hybridized carbons (Fsp3) is 0.750. The van der Waals surface area contributed by atoms with Crippen molar-refractivity contribution in [3.63, 3.8) is 0 Å². The number of hydrogen-bond acceptors (Lipinski definition) is 4. The lowest BCUT2D eigenvalue weighted by atomic mass is 10.00. The zero-order chi connectivity index (χ0) is 13.7. The van der Waals surface area contributed by atoms with E-state index in [4.69, 9.17) is 0 Å².